The molecule has 2 rings (SSSR count). The van der Waals surface area contributed by atoms with Crippen LogP contribution in [-0.2, 0) is 16.1 Å². The minimum Gasteiger partial charge on any atom is -0.496 e. The van der Waals surface area contributed by atoms with Crippen LogP contribution in [0.15, 0.2) is 24.3 Å². The van der Waals surface area contributed by atoms with Crippen LogP contribution in [0.25, 0.3) is 0 Å². The van der Waals surface area contributed by atoms with Crippen LogP contribution in [0.3, 0.4) is 0 Å². The van der Waals surface area contributed by atoms with E-state index in [0.29, 0.717) is 5.75 Å². The van der Waals surface area contributed by atoms with Gasteiger partial charge in [-0.3, -0.25) is 9.59 Å². The summed E-state index contributed by atoms with van der Waals surface area (Å²) >= 11 is 0. The van der Waals surface area contributed by atoms with Gasteiger partial charge in [-0.2, -0.15) is 0 Å². The van der Waals surface area contributed by atoms with E-state index in [1.807, 2.05) is 24.3 Å². The van der Waals surface area contributed by atoms with Crippen molar-refractivity contribution in [2.75, 3.05) is 7.11 Å². The van der Waals surface area contributed by atoms with Gasteiger partial charge in [-0.25, -0.2) is 0 Å². The molecule has 138 valence electrons. The molecular weight excluding hydrogens is 318 g/mol. The molecule has 0 aliphatic carbocycles. The van der Waals surface area contributed by atoms with Crippen LogP contribution in [0.5, 0.6) is 5.75 Å². The van der Waals surface area contributed by atoms with E-state index in [2.05, 4.69) is 43.6 Å². The lowest BCUT2D eigenvalue weighted by atomic mass is 9.79. The molecule has 6 heteroatoms. The Kier molecular flexibility index (Phi) is 5.72. The summed E-state index contributed by atoms with van der Waals surface area (Å²) in [7, 11) is 1.58. The maximum atomic E-state index is 12.2. The maximum absolute atomic E-state index is 12.2. The van der Waals surface area contributed by atoms with Crippen molar-refractivity contribution in [1.29, 1.82) is 0 Å². The van der Waals surface area contributed by atoms with Gasteiger partial charge in [0.2, 0.25) is 0 Å². The molecule has 3 N–H and O–H groups in total. The van der Waals surface area contributed by atoms with Gasteiger partial charge in [-0.1, -0.05) is 18.2 Å². The number of carbonyl (C=O) groups excluding carboxylic acids is 2. The van der Waals surface area contributed by atoms with Crippen LogP contribution < -0.4 is 20.7 Å². The van der Waals surface area contributed by atoms with Crippen molar-refractivity contribution in [1.82, 2.24) is 16.0 Å². The standard InChI is InChI=1S/C19H29N3O3/c1-18(2)10-14(11-19(3,4)22-18)21-17(24)16(23)20-12-13-8-6-7-9-15(13)25-5/h6-9,14,22H,10-12H2,1-5H3,(H,20,23)(H,21,24). The normalized spacial score (nSPS) is 19.1. The monoisotopic (exact) mass is 347 g/mol. The second kappa shape index (κ2) is 7.44. The highest BCUT2D eigenvalue weighted by Gasteiger charge is 2.38. The van der Waals surface area contributed by atoms with Crippen LogP contribution >= 0.6 is 0 Å². The zero-order valence-corrected chi connectivity index (χ0v) is 15.7. The lowest BCUT2D eigenvalue weighted by molar-refractivity contribution is -0.140. The van der Waals surface area contributed by atoms with Crippen LogP contribution in [-0.4, -0.2) is 36.0 Å². The number of piperidine rings is 1. The highest BCUT2D eigenvalue weighted by atomic mass is 16.5. The number of rotatable bonds is 4. The van der Waals surface area contributed by atoms with Crippen molar-refractivity contribution in [3.05, 3.63) is 29.8 Å². The maximum Gasteiger partial charge on any atom is 0.309 e. The van der Waals surface area contributed by atoms with E-state index in [0.717, 1.165) is 18.4 Å². The second-order valence-corrected chi connectivity index (χ2v) is 7.97. The summed E-state index contributed by atoms with van der Waals surface area (Å²) in [5.41, 5.74) is 0.650. The summed E-state index contributed by atoms with van der Waals surface area (Å²) in [6.07, 6.45) is 1.56. The van der Waals surface area contributed by atoms with E-state index in [1.165, 1.54) is 0 Å². The molecule has 0 spiro atoms. The van der Waals surface area contributed by atoms with Gasteiger partial charge in [0.15, 0.2) is 0 Å². The summed E-state index contributed by atoms with van der Waals surface area (Å²) < 4.78 is 5.25. The molecule has 6 nitrogen and oxygen atoms in total. The summed E-state index contributed by atoms with van der Waals surface area (Å²) in [5, 5.41) is 9.09. The summed E-state index contributed by atoms with van der Waals surface area (Å²) in [4.78, 5) is 24.4. The van der Waals surface area contributed by atoms with Crippen molar-refractivity contribution in [3.63, 3.8) is 0 Å². The van der Waals surface area contributed by atoms with E-state index in [1.54, 1.807) is 7.11 Å². The topological polar surface area (TPSA) is 79.5 Å². The third kappa shape index (κ3) is 5.46. The molecule has 0 saturated carbocycles. The van der Waals surface area contributed by atoms with Crippen molar-refractivity contribution in [2.24, 2.45) is 0 Å². The summed E-state index contributed by atoms with van der Waals surface area (Å²) in [5.74, 6) is -0.529. The zero-order chi connectivity index (χ0) is 18.7. The van der Waals surface area contributed by atoms with Crippen LogP contribution in [0.1, 0.15) is 46.1 Å². The number of carbonyl (C=O) groups is 2. The molecule has 0 atom stereocenters. The molecule has 0 radical (unpaired) electrons. The molecule has 1 aliphatic rings. The van der Waals surface area contributed by atoms with E-state index in [4.69, 9.17) is 4.74 Å². The minimum absolute atomic E-state index is 0.0317. The highest BCUT2D eigenvalue weighted by molar-refractivity contribution is 6.35. The van der Waals surface area contributed by atoms with Gasteiger partial charge in [0, 0.05) is 29.2 Å². The van der Waals surface area contributed by atoms with Gasteiger partial charge < -0.3 is 20.7 Å². The largest absolute Gasteiger partial charge is 0.496 e. The fourth-order valence-electron chi connectivity index (χ4n) is 3.78. The Balaban J connectivity index is 1.91. The van der Waals surface area contributed by atoms with Crippen LogP contribution in [0.2, 0.25) is 0 Å². The van der Waals surface area contributed by atoms with Gasteiger partial charge >= 0.3 is 11.8 Å². The number of amides is 2. The number of hydrogen-bond acceptors (Lipinski definition) is 4. The molecule has 0 aromatic heterocycles. The van der Waals surface area contributed by atoms with E-state index in [-0.39, 0.29) is 23.7 Å². The van der Waals surface area contributed by atoms with Crippen molar-refractivity contribution in [3.8, 4) is 5.75 Å². The Morgan fingerprint density at radius 2 is 1.72 bits per heavy atom. The molecular formula is C19H29N3O3. The first-order valence-electron chi connectivity index (χ1n) is 8.62. The lowest BCUT2D eigenvalue weighted by Crippen LogP contribution is -2.62. The molecule has 1 fully saturated rings. The second-order valence-electron chi connectivity index (χ2n) is 7.97. The molecule has 1 aliphatic heterocycles. The smallest absolute Gasteiger partial charge is 0.309 e. The van der Waals surface area contributed by atoms with Gasteiger partial charge in [0.05, 0.1) is 7.11 Å². The Morgan fingerprint density at radius 3 is 2.32 bits per heavy atom. The van der Waals surface area contributed by atoms with Gasteiger partial charge in [0.25, 0.3) is 0 Å². The molecule has 0 bridgehead atoms. The first kappa shape index (κ1) is 19.2. The molecule has 1 heterocycles. The van der Waals surface area contributed by atoms with Gasteiger partial charge in [0.1, 0.15) is 5.75 Å². The predicted molar refractivity (Wildman–Crippen MR) is 97.3 cm³/mol. The summed E-state index contributed by atoms with van der Waals surface area (Å²) in [6, 6.07) is 7.37. The van der Waals surface area contributed by atoms with Gasteiger partial charge in [-0.05, 0) is 46.6 Å². The fourth-order valence-corrected chi connectivity index (χ4v) is 3.78. The number of ether oxygens (including phenoxy) is 1. The Labute approximate surface area is 149 Å². The molecule has 0 unspecified atom stereocenters. The predicted octanol–water partition coefficient (Wildman–Crippen LogP) is 1.74. The SMILES string of the molecule is COc1ccccc1CNC(=O)C(=O)NC1CC(C)(C)NC(C)(C)C1. The number of nitrogens with one attached hydrogen (secondary N) is 3. The van der Waals surface area contributed by atoms with Crippen molar-refractivity contribution < 1.29 is 14.3 Å². The van der Waals surface area contributed by atoms with E-state index in [9.17, 15) is 9.59 Å². The van der Waals surface area contributed by atoms with E-state index >= 15 is 0 Å². The van der Waals surface area contributed by atoms with Crippen LogP contribution in [0.4, 0.5) is 0 Å². The van der Waals surface area contributed by atoms with Gasteiger partial charge in [-0.15, -0.1) is 0 Å². The Hall–Kier alpha value is -2.08. The number of hydrogen-bond donors (Lipinski definition) is 3. The third-order valence-corrected chi connectivity index (χ3v) is 4.36. The Bertz CT molecular complexity index is 625. The van der Waals surface area contributed by atoms with Crippen molar-refractivity contribution in [2.45, 2.75) is 64.2 Å². The van der Waals surface area contributed by atoms with E-state index < -0.39 is 11.8 Å². The van der Waals surface area contributed by atoms with Crippen LogP contribution in [0, 0.1) is 0 Å². The first-order chi connectivity index (χ1) is 11.6. The molecule has 1 saturated heterocycles. The first-order valence-corrected chi connectivity index (χ1v) is 8.62. The average Bonchev–Trinajstić information content (AvgIpc) is 2.49. The number of para-hydroxylation sites is 1. The Morgan fingerprint density at radius 1 is 1.12 bits per heavy atom. The fraction of sp³-hybridized carbons (Fsp3) is 0.579. The molecule has 2 amide bonds. The summed E-state index contributed by atoms with van der Waals surface area (Å²) in [6.45, 7) is 8.67. The number of methoxy groups -OCH3 is 1. The zero-order valence-electron chi connectivity index (χ0n) is 15.7. The third-order valence-electron chi connectivity index (χ3n) is 4.36. The minimum atomic E-state index is -0.625. The number of benzene rings is 1. The highest BCUT2D eigenvalue weighted by Crippen LogP contribution is 2.28. The average molecular weight is 347 g/mol. The van der Waals surface area contributed by atoms with Crippen molar-refractivity contribution >= 4 is 11.8 Å². The molecule has 1 aromatic carbocycles. The molecule has 25 heavy (non-hydrogen) atoms. The molecule has 1 aromatic rings. The lowest BCUT2D eigenvalue weighted by Gasteiger charge is -2.46. The quantitative estimate of drug-likeness (QED) is 0.725.